The predicted octanol–water partition coefficient (Wildman–Crippen LogP) is 4.89. The molecule has 0 saturated carbocycles. The number of furan rings is 1. The Morgan fingerprint density at radius 2 is 2.06 bits per heavy atom. The third-order valence-corrected chi connectivity index (χ3v) is 3.86. The molecule has 1 unspecified atom stereocenters. The van der Waals surface area contributed by atoms with Crippen molar-refractivity contribution in [3.8, 4) is 0 Å². The lowest BCUT2D eigenvalue weighted by atomic mass is 10.0. The minimum atomic E-state index is 0.298. The molecule has 18 heavy (non-hydrogen) atoms. The van der Waals surface area contributed by atoms with Crippen LogP contribution in [0.4, 0.5) is 0 Å². The van der Waals surface area contributed by atoms with Crippen molar-refractivity contribution < 1.29 is 4.42 Å². The summed E-state index contributed by atoms with van der Waals surface area (Å²) in [7, 11) is 1.99. The van der Waals surface area contributed by atoms with E-state index in [-0.39, 0.29) is 0 Å². The first-order valence-electron chi connectivity index (χ1n) is 6.47. The average Bonchev–Trinajstić information content (AvgIpc) is 2.75. The van der Waals surface area contributed by atoms with Gasteiger partial charge in [-0.25, -0.2) is 0 Å². The molecule has 0 aliphatic rings. The molecular formula is C15H20BrNO. The predicted molar refractivity (Wildman–Crippen MR) is 79.8 cm³/mol. The van der Waals surface area contributed by atoms with Gasteiger partial charge in [0.1, 0.15) is 11.3 Å². The summed E-state index contributed by atoms with van der Waals surface area (Å²) in [5.74, 6) is 1.75. The van der Waals surface area contributed by atoms with Crippen LogP contribution in [0.3, 0.4) is 0 Å². The largest absolute Gasteiger partial charge is 0.458 e. The molecule has 2 aromatic rings. The van der Waals surface area contributed by atoms with Crippen molar-refractivity contribution >= 4 is 26.9 Å². The molecule has 1 N–H and O–H groups in total. The van der Waals surface area contributed by atoms with Crippen LogP contribution in [0.15, 0.2) is 33.2 Å². The van der Waals surface area contributed by atoms with E-state index in [2.05, 4.69) is 47.2 Å². The van der Waals surface area contributed by atoms with Gasteiger partial charge in [-0.3, -0.25) is 0 Å². The molecule has 0 fully saturated rings. The second-order valence-corrected chi connectivity index (χ2v) is 5.97. The fourth-order valence-electron chi connectivity index (χ4n) is 2.15. The average molecular weight is 310 g/mol. The first-order chi connectivity index (χ1) is 8.61. The molecule has 0 aliphatic carbocycles. The van der Waals surface area contributed by atoms with Gasteiger partial charge in [-0.05, 0) is 53.9 Å². The topological polar surface area (TPSA) is 25.2 Å². The van der Waals surface area contributed by atoms with Crippen molar-refractivity contribution in [3.05, 3.63) is 34.5 Å². The van der Waals surface area contributed by atoms with Crippen LogP contribution in [0.5, 0.6) is 0 Å². The summed E-state index contributed by atoms with van der Waals surface area (Å²) in [5, 5.41) is 4.50. The van der Waals surface area contributed by atoms with Gasteiger partial charge in [-0.1, -0.05) is 26.0 Å². The van der Waals surface area contributed by atoms with E-state index in [0.717, 1.165) is 33.5 Å². The van der Waals surface area contributed by atoms with Crippen molar-refractivity contribution in [1.29, 1.82) is 0 Å². The van der Waals surface area contributed by atoms with Crippen molar-refractivity contribution in [2.24, 2.45) is 5.92 Å². The molecule has 1 aromatic heterocycles. The maximum absolute atomic E-state index is 5.97. The summed E-state index contributed by atoms with van der Waals surface area (Å²) in [4.78, 5) is 0. The number of para-hydroxylation sites is 1. The molecule has 0 spiro atoms. The van der Waals surface area contributed by atoms with Gasteiger partial charge in [0.05, 0.1) is 10.5 Å². The van der Waals surface area contributed by atoms with Crippen molar-refractivity contribution in [2.75, 3.05) is 7.05 Å². The fraction of sp³-hybridized carbons (Fsp3) is 0.467. The van der Waals surface area contributed by atoms with Crippen LogP contribution in [-0.2, 0) is 0 Å². The van der Waals surface area contributed by atoms with Gasteiger partial charge in [0.15, 0.2) is 0 Å². The number of fused-ring (bicyclic) bond motifs is 1. The van der Waals surface area contributed by atoms with E-state index >= 15 is 0 Å². The van der Waals surface area contributed by atoms with Crippen LogP contribution >= 0.6 is 15.9 Å². The molecule has 3 heteroatoms. The lowest BCUT2D eigenvalue weighted by molar-refractivity contribution is 0.400. The monoisotopic (exact) mass is 309 g/mol. The molecule has 98 valence electrons. The highest BCUT2D eigenvalue weighted by Crippen LogP contribution is 2.31. The van der Waals surface area contributed by atoms with Crippen molar-refractivity contribution in [2.45, 2.75) is 32.7 Å². The molecule has 2 rings (SSSR count). The normalized spacial score (nSPS) is 13.4. The minimum absolute atomic E-state index is 0.298. The van der Waals surface area contributed by atoms with Gasteiger partial charge in [0.25, 0.3) is 0 Å². The standard InChI is InChI=1S/C15H20BrNO/c1-10(2)7-8-13(17-3)14-9-11-5-4-6-12(16)15(11)18-14/h4-6,9-10,13,17H,7-8H2,1-3H3. The lowest BCUT2D eigenvalue weighted by Gasteiger charge is -2.14. The van der Waals surface area contributed by atoms with E-state index in [9.17, 15) is 0 Å². The maximum Gasteiger partial charge on any atom is 0.148 e. The zero-order valence-electron chi connectivity index (χ0n) is 11.2. The van der Waals surface area contributed by atoms with E-state index in [1.54, 1.807) is 0 Å². The molecule has 0 bridgehead atoms. The van der Waals surface area contributed by atoms with E-state index in [4.69, 9.17) is 4.42 Å². The highest BCUT2D eigenvalue weighted by Gasteiger charge is 2.15. The van der Waals surface area contributed by atoms with Crippen molar-refractivity contribution in [1.82, 2.24) is 5.32 Å². The van der Waals surface area contributed by atoms with E-state index in [1.165, 1.54) is 6.42 Å². The number of hydrogen-bond donors (Lipinski definition) is 1. The maximum atomic E-state index is 5.97. The minimum Gasteiger partial charge on any atom is -0.458 e. The first-order valence-corrected chi connectivity index (χ1v) is 7.26. The summed E-state index contributed by atoms with van der Waals surface area (Å²) in [6.07, 6.45) is 2.30. The van der Waals surface area contributed by atoms with E-state index in [0.29, 0.717) is 6.04 Å². The molecule has 1 atom stereocenters. The molecule has 2 nitrogen and oxygen atoms in total. The van der Waals surface area contributed by atoms with Crippen LogP contribution < -0.4 is 5.32 Å². The third-order valence-electron chi connectivity index (χ3n) is 3.24. The Bertz CT molecular complexity index is 518. The zero-order valence-corrected chi connectivity index (χ0v) is 12.8. The van der Waals surface area contributed by atoms with Crippen LogP contribution in [0.25, 0.3) is 11.0 Å². The summed E-state index contributed by atoms with van der Waals surface area (Å²) < 4.78 is 6.99. The summed E-state index contributed by atoms with van der Waals surface area (Å²) in [6, 6.07) is 8.57. The van der Waals surface area contributed by atoms with Gasteiger partial charge in [0.2, 0.25) is 0 Å². The van der Waals surface area contributed by atoms with E-state index in [1.807, 2.05) is 19.2 Å². The molecule has 0 aliphatic heterocycles. The molecule has 0 radical (unpaired) electrons. The van der Waals surface area contributed by atoms with Crippen LogP contribution in [-0.4, -0.2) is 7.05 Å². The SMILES string of the molecule is CNC(CCC(C)C)c1cc2cccc(Br)c2o1. The van der Waals surface area contributed by atoms with Crippen LogP contribution in [0.2, 0.25) is 0 Å². The number of rotatable bonds is 5. The lowest BCUT2D eigenvalue weighted by Crippen LogP contribution is -2.16. The second kappa shape index (κ2) is 5.89. The Balaban J connectivity index is 2.25. The summed E-state index contributed by atoms with van der Waals surface area (Å²) >= 11 is 3.53. The number of hydrogen-bond acceptors (Lipinski definition) is 2. The quantitative estimate of drug-likeness (QED) is 0.850. The van der Waals surface area contributed by atoms with E-state index < -0.39 is 0 Å². The van der Waals surface area contributed by atoms with Gasteiger partial charge >= 0.3 is 0 Å². The second-order valence-electron chi connectivity index (χ2n) is 5.12. The number of benzene rings is 1. The molecular weight excluding hydrogens is 290 g/mol. The molecule has 0 amide bonds. The number of nitrogens with one attached hydrogen (secondary N) is 1. The first kappa shape index (κ1) is 13.6. The van der Waals surface area contributed by atoms with Gasteiger partial charge in [-0.15, -0.1) is 0 Å². The highest BCUT2D eigenvalue weighted by molar-refractivity contribution is 9.10. The fourth-order valence-corrected chi connectivity index (χ4v) is 2.61. The zero-order chi connectivity index (χ0) is 13.1. The van der Waals surface area contributed by atoms with Gasteiger partial charge in [0, 0.05) is 5.39 Å². The van der Waals surface area contributed by atoms with Gasteiger partial charge < -0.3 is 9.73 Å². The smallest absolute Gasteiger partial charge is 0.148 e. The van der Waals surface area contributed by atoms with Crippen LogP contribution in [0, 0.1) is 5.92 Å². The third kappa shape index (κ3) is 2.96. The van der Waals surface area contributed by atoms with Crippen molar-refractivity contribution in [3.63, 3.8) is 0 Å². The molecule has 1 aromatic carbocycles. The molecule has 1 heterocycles. The Hall–Kier alpha value is -0.800. The number of halogens is 1. The Morgan fingerprint density at radius 3 is 2.67 bits per heavy atom. The summed E-state index contributed by atoms with van der Waals surface area (Å²) in [5.41, 5.74) is 0.942. The molecule has 0 saturated heterocycles. The summed E-state index contributed by atoms with van der Waals surface area (Å²) in [6.45, 7) is 4.50. The highest BCUT2D eigenvalue weighted by atomic mass is 79.9. The Kier molecular flexibility index (Phi) is 4.46. The Morgan fingerprint density at radius 1 is 1.28 bits per heavy atom. The Labute approximate surface area is 117 Å². The van der Waals surface area contributed by atoms with Crippen LogP contribution in [0.1, 0.15) is 38.5 Å². The van der Waals surface area contributed by atoms with Gasteiger partial charge in [-0.2, -0.15) is 0 Å².